The minimum Gasteiger partial charge on any atom is -0.263 e. The second-order valence-electron chi connectivity index (χ2n) is 3.31. The highest BCUT2D eigenvalue weighted by Crippen LogP contribution is 2.34. The van der Waals surface area contributed by atoms with E-state index in [1.807, 2.05) is 12.1 Å². The molecule has 0 aliphatic carbocycles. The molecule has 0 saturated heterocycles. The van der Waals surface area contributed by atoms with Gasteiger partial charge < -0.3 is 0 Å². The van der Waals surface area contributed by atoms with Crippen LogP contribution in [0, 0.1) is 11.3 Å². The number of nitriles is 1. The number of rotatable bonds is 2. The number of halogens is 1. The maximum Gasteiger partial charge on any atom is 0.101 e. The molecule has 2 aromatic rings. The Morgan fingerprint density at radius 1 is 1.44 bits per heavy atom. The highest BCUT2D eigenvalue weighted by molar-refractivity contribution is 7.16. The van der Waals surface area contributed by atoms with Crippen LogP contribution in [0.2, 0.25) is 5.02 Å². The van der Waals surface area contributed by atoms with Crippen molar-refractivity contribution in [3.63, 3.8) is 0 Å². The molecule has 16 heavy (non-hydrogen) atoms. The highest BCUT2D eigenvalue weighted by Gasteiger charge is 2.08. The molecule has 0 aromatic carbocycles. The van der Waals surface area contributed by atoms with E-state index >= 15 is 0 Å². The molecule has 0 atom stereocenters. The Morgan fingerprint density at radius 2 is 2.25 bits per heavy atom. The SMILES string of the molecule is CCc1sc(-c2cncc(C#N)c2)cc1Cl. The molecule has 0 saturated carbocycles. The summed E-state index contributed by atoms with van der Waals surface area (Å²) >= 11 is 7.74. The van der Waals surface area contributed by atoms with Crippen molar-refractivity contribution in [3.8, 4) is 16.5 Å². The van der Waals surface area contributed by atoms with Gasteiger partial charge in [0.05, 0.1) is 10.6 Å². The molecule has 0 spiro atoms. The summed E-state index contributed by atoms with van der Waals surface area (Å²) in [7, 11) is 0. The number of hydrogen-bond acceptors (Lipinski definition) is 3. The van der Waals surface area contributed by atoms with Crippen molar-refractivity contribution in [1.29, 1.82) is 5.26 Å². The Balaban J connectivity index is 2.46. The van der Waals surface area contributed by atoms with Gasteiger partial charge in [-0.15, -0.1) is 11.3 Å². The van der Waals surface area contributed by atoms with Crippen molar-refractivity contribution < 1.29 is 0 Å². The van der Waals surface area contributed by atoms with E-state index in [1.165, 1.54) is 4.88 Å². The number of aromatic nitrogens is 1. The first kappa shape index (κ1) is 11.1. The summed E-state index contributed by atoms with van der Waals surface area (Å²) in [5.74, 6) is 0. The molecule has 0 radical (unpaired) electrons. The molecule has 4 heteroatoms. The maximum atomic E-state index is 8.80. The van der Waals surface area contributed by atoms with Crippen LogP contribution in [0.15, 0.2) is 24.5 Å². The van der Waals surface area contributed by atoms with Gasteiger partial charge in [0.15, 0.2) is 0 Å². The standard InChI is InChI=1S/C12H9ClN2S/c1-2-11-10(13)4-12(16-11)9-3-8(5-14)6-15-7-9/h3-4,6-7H,2H2,1H3. The van der Waals surface area contributed by atoms with Crippen LogP contribution in [0.3, 0.4) is 0 Å². The summed E-state index contributed by atoms with van der Waals surface area (Å²) in [6.07, 6.45) is 4.23. The van der Waals surface area contributed by atoms with E-state index in [1.54, 1.807) is 23.7 Å². The molecule has 0 bridgehead atoms. The minimum atomic E-state index is 0.570. The topological polar surface area (TPSA) is 36.7 Å². The van der Waals surface area contributed by atoms with Crippen LogP contribution < -0.4 is 0 Å². The average Bonchev–Trinajstić information content (AvgIpc) is 2.71. The van der Waals surface area contributed by atoms with E-state index in [4.69, 9.17) is 16.9 Å². The van der Waals surface area contributed by atoms with Crippen molar-refractivity contribution in [2.24, 2.45) is 0 Å². The van der Waals surface area contributed by atoms with Gasteiger partial charge in [-0.25, -0.2) is 0 Å². The predicted octanol–water partition coefficient (Wildman–Crippen LogP) is 3.90. The lowest BCUT2D eigenvalue weighted by molar-refractivity contribution is 1.19. The molecule has 2 rings (SSSR count). The van der Waals surface area contributed by atoms with Gasteiger partial charge in [0.1, 0.15) is 6.07 Å². The van der Waals surface area contributed by atoms with E-state index < -0.39 is 0 Å². The third kappa shape index (κ3) is 2.08. The van der Waals surface area contributed by atoms with Crippen molar-refractivity contribution >= 4 is 22.9 Å². The van der Waals surface area contributed by atoms with Gasteiger partial charge in [0, 0.05) is 27.7 Å². The van der Waals surface area contributed by atoms with E-state index in [0.717, 1.165) is 21.9 Å². The predicted molar refractivity (Wildman–Crippen MR) is 66.7 cm³/mol. The first-order chi connectivity index (χ1) is 7.74. The Hall–Kier alpha value is -1.37. The number of pyridine rings is 1. The van der Waals surface area contributed by atoms with Crippen molar-refractivity contribution in [2.45, 2.75) is 13.3 Å². The summed E-state index contributed by atoms with van der Waals surface area (Å²) in [6.45, 7) is 2.07. The van der Waals surface area contributed by atoms with Crippen molar-refractivity contribution in [3.05, 3.63) is 40.0 Å². The Labute approximate surface area is 103 Å². The van der Waals surface area contributed by atoms with E-state index in [0.29, 0.717) is 5.56 Å². The van der Waals surface area contributed by atoms with Crippen LogP contribution >= 0.6 is 22.9 Å². The molecule has 0 N–H and O–H groups in total. The van der Waals surface area contributed by atoms with Gasteiger partial charge in [-0.1, -0.05) is 18.5 Å². The minimum absolute atomic E-state index is 0.570. The molecule has 0 aliphatic rings. The third-order valence-electron chi connectivity index (χ3n) is 2.23. The molecule has 0 amide bonds. The largest absolute Gasteiger partial charge is 0.263 e. The molecular formula is C12H9ClN2S. The first-order valence-electron chi connectivity index (χ1n) is 4.88. The zero-order chi connectivity index (χ0) is 11.5. The highest BCUT2D eigenvalue weighted by atomic mass is 35.5. The maximum absolute atomic E-state index is 8.80. The molecular weight excluding hydrogens is 240 g/mol. The Kier molecular flexibility index (Phi) is 3.23. The lowest BCUT2D eigenvalue weighted by atomic mass is 10.2. The van der Waals surface area contributed by atoms with Crippen LogP contribution in [-0.4, -0.2) is 4.98 Å². The van der Waals surface area contributed by atoms with E-state index in [-0.39, 0.29) is 0 Å². The van der Waals surface area contributed by atoms with Crippen LogP contribution in [0.5, 0.6) is 0 Å². The monoisotopic (exact) mass is 248 g/mol. The number of aryl methyl sites for hydroxylation is 1. The number of hydrogen-bond donors (Lipinski definition) is 0. The molecule has 0 aliphatic heterocycles. The van der Waals surface area contributed by atoms with E-state index in [9.17, 15) is 0 Å². The summed E-state index contributed by atoms with van der Waals surface area (Å²) < 4.78 is 0. The first-order valence-corrected chi connectivity index (χ1v) is 6.07. The fraction of sp³-hybridized carbons (Fsp3) is 0.167. The second-order valence-corrected chi connectivity index (χ2v) is 4.85. The molecule has 2 aromatic heterocycles. The summed E-state index contributed by atoms with van der Waals surface area (Å²) in [4.78, 5) is 6.26. The van der Waals surface area contributed by atoms with Crippen LogP contribution in [0.25, 0.3) is 10.4 Å². The van der Waals surface area contributed by atoms with Gasteiger partial charge in [0.2, 0.25) is 0 Å². The average molecular weight is 249 g/mol. The molecule has 80 valence electrons. The number of thiophene rings is 1. The van der Waals surface area contributed by atoms with Crippen LogP contribution in [0.4, 0.5) is 0 Å². The normalized spacial score (nSPS) is 10.1. The van der Waals surface area contributed by atoms with E-state index in [2.05, 4.69) is 18.0 Å². The molecule has 0 unspecified atom stereocenters. The molecule has 2 heterocycles. The molecule has 2 nitrogen and oxygen atoms in total. The third-order valence-corrected chi connectivity index (χ3v) is 4.01. The second kappa shape index (κ2) is 4.65. The smallest absolute Gasteiger partial charge is 0.101 e. The fourth-order valence-corrected chi connectivity index (χ4v) is 2.82. The lowest BCUT2D eigenvalue weighted by Gasteiger charge is -1.96. The molecule has 0 fully saturated rings. The lowest BCUT2D eigenvalue weighted by Crippen LogP contribution is -1.79. The fourth-order valence-electron chi connectivity index (χ4n) is 1.43. The number of nitrogens with zero attached hydrogens (tertiary/aromatic N) is 2. The van der Waals surface area contributed by atoms with Crippen LogP contribution in [0.1, 0.15) is 17.4 Å². The van der Waals surface area contributed by atoms with Crippen molar-refractivity contribution in [1.82, 2.24) is 4.98 Å². The van der Waals surface area contributed by atoms with Gasteiger partial charge in [-0.2, -0.15) is 5.26 Å². The summed E-state index contributed by atoms with van der Waals surface area (Å²) in [6, 6.07) is 5.84. The zero-order valence-electron chi connectivity index (χ0n) is 8.70. The van der Waals surface area contributed by atoms with Gasteiger partial charge in [0.25, 0.3) is 0 Å². The Morgan fingerprint density at radius 3 is 2.88 bits per heavy atom. The summed E-state index contributed by atoms with van der Waals surface area (Å²) in [5, 5.41) is 9.60. The van der Waals surface area contributed by atoms with Gasteiger partial charge >= 0.3 is 0 Å². The van der Waals surface area contributed by atoms with Crippen molar-refractivity contribution in [2.75, 3.05) is 0 Å². The van der Waals surface area contributed by atoms with Gasteiger partial charge in [-0.3, -0.25) is 4.98 Å². The summed E-state index contributed by atoms with van der Waals surface area (Å²) in [5.41, 5.74) is 1.52. The van der Waals surface area contributed by atoms with Gasteiger partial charge in [-0.05, 0) is 18.6 Å². The Bertz CT molecular complexity index is 554. The van der Waals surface area contributed by atoms with Crippen LogP contribution in [-0.2, 0) is 6.42 Å². The quantitative estimate of drug-likeness (QED) is 0.808. The zero-order valence-corrected chi connectivity index (χ0v) is 10.3.